The van der Waals surface area contributed by atoms with Crippen LogP contribution in [0.25, 0.3) is 0 Å². The van der Waals surface area contributed by atoms with E-state index in [1.54, 1.807) is 11.3 Å². The van der Waals surface area contributed by atoms with Crippen LogP contribution in [0.2, 0.25) is 0 Å². The first-order valence-electron chi connectivity index (χ1n) is 6.10. The van der Waals surface area contributed by atoms with Crippen LogP contribution in [0.3, 0.4) is 0 Å². The van der Waals surface area contributed by atoms with E-state index in [0.717, 1.165) is 42.9 Å². The van der Waals surface area contributed by atoms with Gasteiger partial charge in [-0.3, -0.25) is 4.79 Å². The fourth-order valence-electron chi connectivity index (χ4n) is 1.53. The third-order valence-electron chi connectivity index (χ3n) is 2.46. The zero-order chi connectivity index (χ0) is 12.5. The number of amides is 1. The van der Waals surface area contributed by atoms with E-state index in [0.29, 0.717) is 13.0 Å². The van der Waals surface area contributed by atoms with E-state index >= 15 is 0 Å². The van der Waals surface area contributed by atoms with Gasteiger partial charge < -0.3 is 11.1 Å². The molecule has 17 heavy (non-hydrogen) atoms. The van der Waals surface area contributed by atoms with Crippen molar-refractivity contribution >= 4 is 17.2 Å². The maximum absolute atomic E-state index is 11.5. The molecule has 0 aliphatic rings. The first-order chi connectivity index (χ1) is 8.22. The number of rotatable bonds is 8. The number of carbonyl (C=O) groups is 1. The first kappa shape index (κ1) is 14.1. The van der Waals surface area contributed by atoms with Gasteiger partial charge in [0.2, 0.25) is 5.91 Å². The quantitative estimate of drug-likeness (QED) is 0.698. The highest BCUT2D eigenvalue weighted by molar-refractivity contribution is 7.09. The molecule has 0 aliphatic heterocycles. The molecule has 3 N–H and O–H groups in total. The molecule has 0 spiro atoms. The van der Waals surface area contributed by atoms with Crippen molar-refractivity contribution in [3.63, 3.8) is 0 Å². The topological polar surface area (TPSA) is 68.0 Å². The number of nitrogens with two attached hydrogens (primary N) is 1. The zero-order valence-corrected chi connectivity index (χ0v) is 11.2. The van der Waals surface area contributed by atoms with Crippen LogP contribution in [-0.2, 0) is 11.3 Å². The van der Waals surface area contributed by atoms with Crippen LogP contribution in [0.1, 0.15) is 42.8 Å². The van der Waals surface area contributed by atoms with Gasteiger partial charge in [0, 0.05) is 17.5 Å². The first-order valence-corrected chi connectivity index (χ1v) is 6.98. The lowest BCUT2D eigenvalue weighted by Gasteiger charge is -2.03. The smallest absolute Gasteiger partial charge is 0.220 e. The Kier molecular flexibility index (Phi) is 6.81. The van der Waals surface area contributed by atoms with Crippen molar-refractivity contribution in [3.8, 4) is 0 Å². The Morgan fingerprint density at radius 3 is 2.82 bits per heavy atom. The number of thiazole rings is 1. The predicted molar refractivity (Wildman–Crippen MR) is 70.8 cm³/mol. The van der Waals surface area contributed by atoms with Crippen molar-refractivity contribution in [3.05, 3.63) is 16.1 Å². The van der Waals surface area contributed by atoms with E-state index in [1.165, 1.54) is 0 Å². The summed E-state index contributed by atoms with van der Waals surface area (Å²) in [6.45, 7) is 3.26. The summed E-state index contributed by atoms with van der Waals surface area (Å²) in [5.74, 6) is 0.116. The van der Waals surface area contributed by atoms with E-state index in [9.17, 15) is 4.79 Å². The number of hydrogen-bond donors (Lipinski definition) is 2. The molecule has 0 bridgehead atoms. The standard InChI is InChI=1S/C12H21N3OS/c1-10-9-17-12(15-10)8-14-11(16)6-4-2-3-5-7-13/h9H,2-8,13H2,1H3,(H,14,16). The van der Waals surface area contributed by atoms with Crippen molar-refractivity contribution in [2.24, 2.45) is 5.73 Å². The molecular weight excluding hydrogens is 234 g/mol. The fourth-order valence-corrected chi connectivity index (χ4v) is 2.24. The molecule has 0 saturated heterocycles. The molecule has 1 aromatic heterocycles. The molecule has 5 heteroatoms. The molecule has 0 aliphatic carbocycles. The third-order valence-corrected chi connectivity index (χ3v) is 3.43. The summed E-state index contributed by atoms with van der Waals surface area (Å²) in [7, 11) is 0. The molecule has 4 nitrogen and oxygen atoms in total. The van der Waals surface area contributed by atoms with Gasteiger partial charge in [-0.2, -0.15) is 0 Å². The number of unbranched alkanes of at least 4 members (excludes halogenated alkanes) is 3. The molecule has 0 unspecified atom stereocenters. The Balaban J connectivity index is 2.05. The maximum atomic E-state index is 11.5. The van der Waals surface area contributed by atoms with Crippen LogP contribution in [-0.4, -0.2) is 17.4 Å². The molecule has 1 rings (SSSR count). The van der Waals surface area contributed by atoms with Crippen molar-refractivity contribution < 1.29 is 4.79 Å². The Hall–Kier alpha value is -0.940. The van der Waals surface area contributed by atoms with Crippen molar-refractivity contribution in [1.29, 1.82) is 0 Å². The van der Waals surface area contributed by atoms with Gasteiger partial charge in [-0.05, 0) is 26.3 Å². The minimum Gasteiger partial charge on any atom is -0.350 e. The zero-order valence-electron chi connectivity index (χ0n) is 10.4. The summed E-state index contributed by atoms with van der Waals surface area (Å²) in [5, 5.41) is 5.85. The highest BCUT2D eigenvalue weighted by atomic mass is 32.1. The monoisotopic (exact) mass is 255 g/mol. The summed E-state index contributed by atoms with van der Waals surface area (Å²) in [6, 6.07) is 0. The second-order valence-corrected chi connectivity index (χ2v) is 5.05. The Labute approximate surface area is 107 Å². The number of aromatic nitrogens is 1. The summed E-state index contributed by atoms with van der Waals surface area (Å²) >= 11 is 1.59. The third kappa shape index (κ3) is 6.38. The summed E-state index contributed by atoms with van der Waals surface area (Å²) < 4.78 is 0. The normalized spacial score (nSPS) is 10.5. The molecule has 0 fully saturated rings. The van der Waals surface area contributed by atoms with Gasteiger partial charge in [-0.25, -0.2) is 4.98 Å². The number of hydrogen-bond acceptors (Lipinski definition) is 4. The second-order valence-electron chi connectivity index (χ2n) is 4.11. The average Bonchev–Trinajstić information content (AvgIpc) is 2.72. The Bertz CT molecular complexity index is 338. The van der Waals surface area contributed by atoms with Gasteiger partial charge in [0.25, 0.3) is 0 Å². The molecule has 0 aromatic carbocycles. The van der Waals surface area contributed by atoms with Gasteiger partial charge in [-0.1, -0.05) is 12.8 Å². The van der Waals surface area contributed by atoms with E-state index in [2.05, 4.69) is 10.3 Å². The highest BCUT2D eigenvalue weighted by Crippen LogP contribution is 2.08. The van der Waals surface area contributed by atoms with Gasteiger partial charge in [0.1, 0.15) is 5.01 Å². The van der Waals surface area contributed by atoms with Crippen molar-refractivity contribution in [2.45, 2.75) is 45.6 Å². The van der Waals surface area contributed by atoms with Gasteiger partial charge >= 0.3 is 0 Å². The van der Waals surface area contributed by atoms with Gasteiger partial charge in [-0.15, -0.1) is 11.3 Å². The van der Waals surface area contributed by atoms with Crippen LogP contribution < -0.4 is 11.1 Å². The summed E-state index contributed by atoms with van der Waals surface area (Å²) in [6.07, 6.45) is 4.81. The van der Waals surface area contributed by atoms with Crippen molar-refractivity contribution in [1.82, 2.24) is 10.3 Å². The molecule has 96 valence electrons. The lowest BCUT2D eigenvalue weighted by atomic mass is 10.1. The minimum atomic E-state index is 0.116. The number of nitrogens with one attached hydrogen (secondary N) is 1. The van der Waals surface area contributed by atoms with E-state index in [4.69, 9.17) is 5.73 Å². The van der Waals surface area contributed by atoms with Crippen LogP contribution in [0.4, 0.5) is 0 Å². The van der Waals surface area contributed by atoms with Crippen LogP contribution in [0, 0.1) is 6.92 Å². The molecule has 1 amide bonds. The predicted octanol–water partition coefficient (Wildman–Crippen LogP) is 1.98. The minimum absolute atomic E-state index is 0.116. The maximum Gasteiger partial charge on any atom is 0.220 e. The van der Waals surface area contributed by atoms with E-state index in [1.807, 2.05) is 12.3 Å². The molecule has 1 heterocycles. The number of nitrogens with zero attached hydrogens (tertiary/aromatic N) is 1. The molecule has 0 saturated carbocycles. The van der Waals surface area contributed by atoms with E-state index in [-0.39, 0.29) is 5.91 Å². The highest BCUT2D eigenvalue weighted by Gasteiger charge is 2.03. The van der Waals surface area contributed by atoms with Crippen LogP contribution >= 0.6 is 11.3 Å². The molecule has 0 radical (unpaired) electrons. The van der Waals surface area contributed by atoms with E-state index < -0.39 is 0 Å². The summed E-state index contributed by atoms with van der Waals surface area (Å²) in [4.78, 5) is 15.8. The largest absolute Gasteiger partial charge is 0.350 e. The fraction of sp³-hybridized carbons (Fsp3) is 0.667. The van der Waals surface area contributed by atoms with Crippen LogP contribution in [0.15, 0.2) is 5.38 Å². The Morgan fingerprint density at radius 2 is 2.18 bits per heavy atom. The van der Waals surface area contributed by atoms with Gasteiger partial charge in [0.15, 0.2) is 0 Å². The SMILES string of the molecule is Cc1csc(CNC(=O)CCCCCCN)n1. The van der Waals surface area contributed by atoms with Gasteiger partial charge in [0.05, 0.1) is 6.54 Å². The average molecular weight is 255 g/mol. The summed E-state index contributed by atoms with van der Waals surface area (Å²) in [5.41, 5.74) is 6.41. The molecule has 1 aromatic rings. The molecule has 0 atom stereocenters. The second kappa shape index (κ2) is 8.20. The molecular formula is C12H21N3OS. The van der Waals surface area contributed by atoms with Crippen molar-refractivity contribution in [2.75, 3.05) is 6.54 Å². The number of aryl methyl sites for hydroxylation is 1. The lowest BCUT2D eigenvalue weighted by Crippen LogP contribution is -2.22. The number of carbonyl (C=O) groups excluding carboxylic acids is 1. The lowest BCUT2D eigenvalue weighted by molar-refractivity contribution is -0.121. The van der Waals surface area contributed by atoms with Crippen LogP contribution in [0.5, 0.6) is 0 Å². The Morgan fingerprint density at radius 1 is 1.41 bits per heavy atom.